The van der Waals surface area contributed by atoms with Crippen molar-refractivity contribution >= 4 is 27.8 Å². The third-order valence-electron chi connectivity index (χ3n) is 5.48. The molecule has 0 fully saturated rings. The van der Waals surface area contributed by atoms with Crippen molar-refractivity contribution in [2.45, 2.75) is 33.2 Å². The van der Waals surface area contributed by atoms with Gasteiger partial charge in [-0.2, -0.15) is 0 Å². The SMILES string of the molecule is CCCCOC(=O)c1cc2c3ccccc3n(Cc3c(F)c(F)c(F)c(F)c3F)c2c(C)n1. The van der Waals surface area contributed by atoms with Crippen LogP contribution in [0.5, 0.6) is 0 Å². The summed E-state index contributed by atoms with van der Waals surface area (Å²) in [5.41, 5.74) is 0.338. The maximum Gasteiger partial charge on any atom is 0.356 e. The van der Waals surface area contributed by atoms with E-state index in [2.05, 4.69) is 4.98 Å². The zero-order chi connectivity index (χ0) is 23.9. The van der Waals surface area contributed by atoms with Crippen molar-refractivity contribution in [1.29, 1.82) is 0 Å². The Bertz CT molecular complexity index is 1370. The second-order valence-corrected chi connectivity index (χ2v) is 7.63. The minimum atomic E-state index is -2.21. The highest BCUT2D eigenvalue weighted by Gasteiger charge is 2.27. The van der Waals surface area contributed by atoms with E-state index in [1.165, 1.54) is 10.6 Å². The maximum atomic E-state index is 14.4. The molecule has 0 unspecified atom stereocenters. The van der Waals surface area contributed by atoms with Gasteiger partial charge in [0.25, 0.3) is 0 Å². The topological polar surface area (TPSA) is 44.1 Å². The van der Waals surface area contributed by atoms with E-state index in [1.807, 2.05) is 6.92 Å². The van der Waals surface area contributed by atoms with E-state index in [0.29, 0.717) is 33.9 Å². The number of benzene rings is 2. The number of aryl methyl sites for hydroxylation is 1. The van der Waals surface area contributed by atoms with Crippen LogP contribution in [0.4, 0.5) is 22.0 Å². The minimum Gasteiger partial charge on any atom is -0.461 e. The molecule has 2 aromatic heterocycles. The molecule has 4 rings (SSSR count). The van der Waals surface area contributed by atoms with E-state index in [-0.39, 0.29) is 12.3 Å². The molecule has 0 bridgehead atoms. The quantitative estimate of drug-likeness (QED) is 0.113. The molecule has 0 atom stereocenters. The molecule has 0 saturated carbocycles. The first-order valence-electron chi connectivity index (χ1n) is 10.3. The van der Waals surface area contributed by atoms with Gasteiger partial charge in [-0.25, -0.2) is 31.7 Å². The average Bonchev–Trinajstić information content (AvgIpc) is 3.13. The normalized spacial score (nSPS) is 11.5. The molecule has 172 valence electrons. The molecular formula is C24H19F5N2O2. The van der Waals surface area contributed by atoms with Crippen LogP contribution in [-0.4, -0.2) is 22.1 Å². The Kier molecular flexibility index (Phi) is 6.05. The summed E-state index contributed by atoms with van der Waals surface area (Å²) in [5, 5.41) is 1.17. The lowest BCUT2D eigenvalue weighted by atomic mass is 10.1. The number of hydrogen-bond acceptors (Lipinski definition) is 3. The van der Waals surface area contributed by atoms with Crippen LogP contribution in [0.2, 0.25) is 0 Å². The van der Waals surface area contributed by atoms with Gasteiger partial charge in [0.1, 0.15) is 5.69 Å². The van der Waals surface area contributed by atoms with Crippen LogP contribution in [0.3, 0.4) is 0 Å². The number of para-hydroxylation sites is 1. The van der Waals surface area contributed by atoms with E-state index in [1.54, 1.807) is 31.2 Å². The molecule has 9 heteroatoms. The van der Waals surface area contributed by atoms with Gasteiger partial charge in [-0.1, -0.05) is 31.5 Å². The van der Waals surface area contributed by atoms with Crippen LogP contribution >= 0.6 is 0 Å². The number of nitrogens with zero attached hydrogens (tertiary/aromatic N) is 2. The molecule has 4 aromatic rings. The molecule has 0 saturated heterocycles. The molecule has 33 heavy (non-hydrogen) atoms. The summed E-state index contributed by atoms with van der Waals surface area (Å²) in [6, 6.07) is 8.31. The fourth-order valence-electron chi connectivity index (χ4n) is 3.87. The van der Waals surface area contributed by atoms with Gasteiger partial charge >= 0.3 is 5.97 Å². The molecule has 2 heterocycles. The Morgan fingerprint density at radius 1 is 0.970 bits per heavy atom. The first-order valence-corrected chi connectivity index (χ1v) is 10.3. The zero-order valence-electron chi connectivity index (χ0n) is 17.8. The second kappa shape index (κ2) is 8.80. The molecule has 0 N–H and O–H groups in total. The van der Waals surface area contributed by atoms with Crippen molar-refractivity contribution < 1.29 is 31.5 Å². The molecule has 0 amide bonds. The Labute approximate surface area is 185 Å². The molecule has 0 aliphatic carbocycles. The fraction of sp³-hybridized carbons (Fsp3) is 0.250. The predicted octanol–water partition coefficient (Wildman–Crippen LogP) is 6.20. The number of unbranched alkanes of at least 4 members (excludes halogenated alkanes) is 1. The number of esters is 1. The van der Waals surface area contributed by atoms with Gasteiger partial charge < -0.3 is 9.30 Å². The first-order chi connectivity index (χ1) is 15.8. The number of carbonyl (C=O) groups is 1. The number of fused-ring (bicyclic) bond motifs is 3. The van der Waals surface area contributed by atoms with Crippen LogP contribution in [-0.2, 0) is 11.3 Å². The van der Waals surface area contributed by atoms with Crippen molar-refractivity contribution in [1.82, 2.24) is 9.55 Å². The highest BCUT2D eigenvalue weighted by Crippen LogP contribution is 2.33. The number of rotatable bonds is 6. The summed E-state index contributed by atoms with van der Waals surface area (Å²) >= 11 is 0. The van der Waals surface area contributed by atoms with Crippen LogP contribution in [0.1, 0.15) is 41.5 Å². The van der Waals surface area contributed by atoms with E-state index in [9.17, 15) is 26.7 Å². The number of hydrogen-bond donors (Lipinski definition) is 0. The van der Waals surface area contributed by atoms with Crippen molar-refractivity contribution in [3.63, 3.8) is 0 Å². The highest BCUT2D eigenvalue weighted by molar-refractivity contribution is 6.10. The molecule has 0 radical (unpaired) electrons. The van der Waals surface area contributed by atoms with Gasteiger partial charge in [0.15, 0.2) is 23.3 Å². The van der Waals surface area contributed by atoms with Gasteiger partial charge in [-0.05, 0) is 25.5 Å². The number of halogens is 5. The Morgan fingerprint density at radius 2 is 1.61 bits per heavy atom. The summed E-state index contributed by atoms with van der Waals surface area (Å²) < 4.78 is 76.5. The third kappa shape index (κ3) is 3.81. The molecule has 0 aliphatic rings. The van der Waals surface area contributed by atoms with Crippen LogP contribution in [0, 0.1) is 36.0 Å². The molecular weight excluding hydrogens is 443 g/mol. The Morgan fingerprint density at radius 3 is 2.27 bits per heavy atom. The Balaban J connectivity index is 1.91. The fourth-order valence-corrected chi connectivity index (χ4v) is 3.87. The van der Waals surface area contributed by atoms with Gasteiger partial charge in [-0.3, -0.25) is 0 Å². The van der Waals surface area contributed by atoms with Gasteiger partial charge in [0.2, 0.25) is 5.82 Å². The van der Waals surface area contributed by atoms with Crippen molar-refractivity contribution in [2.24, 2.45) is 0 Å². The monoisotopic (exact) mass is 462 g/mol. The van der Waals surface area contributed by atoms with E-state index >= 15 is 0 Å². The summed E-state index contributed by atoms with van der Waals surface area (Å²) in [6.07, 6.45) is 1.55. The lowest BCUT2D eigenvalue weighted by molar-refractivity contribution is 0.0493. The Hall–Kier alpha value is -3.49. The summed E-state index contributed by atoms with van der Waals surface area (Å²) in [4.78, 5) is 16.7. The lowest BCUT2D eigenvalue weighted by Crippen LogP contribution is -2.12. The highest BCUT2D eigenvalue weighted by atomic mass is 19.2. The summed E-state index contributed by atoms with van der Waals surface area (Å²) in [5.74, 6) is -10.6. The van der Waals surface area contributed by atoms with E-state index < -0.39 is 47.2 Å². The lowest BCUT2D eigenvalue weighted by Gasteiger charge is -2.13. The molecule has 2 aromatic carbocycles. The van der Waals surface area contributed by atoms with Crippen molar-refractivity contribution in [3.8, 4) is 0 Å². The number of pyridine rings is 1. The van der Waals surface area contributed by atoms with Gasteiger partial charge in [0.05, 0.1) is 24.4 Å². The largest absolute Gasteiger partial charge is 0.461 e. The predicted molar refractivity (Wildman–Crippen MR) is 113 cm³/mol. The maximum absolute atomic E-state index is 14.4. The van der Waals surface area contributed by atoms with Gasteiger partial charge in [0, 0.05) is 21.9 Å². The average molecular weight is 462 g/mol. The van der Waals surface area contributed by atoms with Crippen molar-refractivity contribution in [3.05, 3.63) is 76.4 Å². The standard InChI is InChI=1S/C24H19F5N2O2/c1-3-4-9-33-24(32)16-10-14-13-7-5-6-8-17(13)31(23(14)12(2)30-16)11-15-18(25)20(27)22(29)21(28)19(15)26/h5-8,10H,3-4,9,11H2,1-2H3. The van der Waals surface area contributed by atoms with E-state index in [4.69, 9.17) is 4.74 Å². The summed E-state index contributed by atoms with van der Waals surface area (Å²) in [7, 11) is 0. The molecule has 0 spiro atoms. The van der Waals surface area contributed by atoms with Gasteiger partial charge in [-0.15, -0.1) is 0 Å². The number of aromatic nitrogens is 2. The van der Waals surface area contributed by atoms with Crippen molar-refractivity contribution in [2.75, 3.05) is 6.61 Å². The van der Waals surface area contributed by atoms with Crippen LogP contribution in [0.15, 0.2) is 30.3 Å². The zero-order valence-corrected chi connectivity index (χ0v) is 17.8. The summed E-state index contributed by atoms with van der Waals surface area (Å²) in [6.45, 7) is 3.18. The van der Waals surface area contributed by atoms with Crippen LogP contribution in [0.25, 0.3) is 21.8 Å². The molecule has 4 nitrogen and oxygen atoms in total. The van der Waals surface area contributed by atoms with E-state index in [0.717, 1.165) is 6.42 Å². The number of carbonyl (C=O) groups excluding carboxylic acids is 1. The minimum absolute atomic E-state index is 0.0650. The smallest absolute Gasteiger partial charge is 0.356 e. The van der Waals surface area contributed by atoms with Crippen LogP contribution < -0.4 is 0 Å². The molecule has 0 aliphatic heterocycles. The first kappa shape index (κ1) is 22.7. The number of ether oxygens (including phenoxy) is 1. The third-order valence-corrected chi connectivity index (χ3v) is 5.48. The second-order valence-electron chi connectivity index (χ2n) is 7.63.